The van der Waals surface area contributed by atoms with E-state index in [2.05, 4.69) is 5.32 Å². The van der Waals surface area contributed by atoms with E-state index in [0.29, 0.717) is 19.4 Å². The number of imide groups is 1. The standard InChI is InChI=1S/C13H19NO4/c1-3-18-11(16)8(2)13-7-5-4-6-9(13)10(15)14-12(13)17/h8-9H,3-7H2,1-2H3,(H,14,15,17). The van der Waals surface area contributed by atoms with Crippen molar-refractivity contribution in [2.45, 2.75) is 39.5 Å². The fraction of sp³-hybridized carbons (Fsp3) is 0.769. The topological polar surface area (TPSA) is 72.5 Å². The highest BCUT2D eigenvalue weighted by molar-refractivity contribution is 6.09. The van der Waals surface area contributed by atoms with Crippen molar-refractivity contribution in [3.63, 3.8) is 0 Å². The number of carbonyl (C=O) groups excluding carboxylic acids is 3. The number of hydrogen-bond donors (Lipinski definition) is 1. The molecule has 0 aromatic heterocycles. The van der Waals surface area contributed by atoms with Gasteiger partial charge in [-0.2, -0.15) is 0 Å². The largest absolute Gasteiger partial charge is 0.466 e. The van der Waals surface area contributed by atoms with Gasteiger partial charge in [-0.25, -0.2) is 0 Å². The van der Waals surface area contributed by atoms with Gasteiger partial charge in [0.05, 0.1) is 23.9 Å². The highest BCUT2D eigenvalue weighted by atomic mass is 16.5. The van der Waals surface area contributed by atoms with Crippen LogP contribution in [-0.4, -0.2) is 24.4 Å². The molecule has 1 heterocycles. The summed E-state index contributed by atoms with van der Waals surface area (Å²) in [6.07, 6.45) is 3.08. The zero-order valence-corrected chi connectivity index (χ0v) is 10.8. The van der Waals surface area contributed by atoms with Gasteiger partial charge in [0, 0.05) is 0 Å². The maximum absolute atomic E-state index is 12.2. The normalized spacial score (nSPS) is 32.7. The first-order valence-corrected chi connectivity index (χ1v) is 6.56. The van der Waals surface area contributed by atoms with Gasteiger partial charge >= 0.3 is 5.97 Å². The van der Waals surface area contributed by atoms with Crippen LogP contribution >= 0.6 is 0 Å². The van der Waals surface area contributed by atoms with Gasteiger partial charge in [-0.05, 0) is 19.8 Å². The molecule has 2 amide bonds. The van der Waals surface area contributed by atoms with Gasteiger partial charge in [-0.1, -0.05) is 19.8 Å². The van der Waals surface area contributed by atoms with Crippen molar-refractivity contribution in [3.8, 4) is 0 Å². The first kappa shape index (κ1) is 13.1. The van der Waals surface area contributed by atoms with E-state index in [9.17, 15) is 14.4 Å². The summed E-state index contributed by atoms with van der Waals surface area (Å²) < 4.78 is 5.01. The highest BCUT2D eigenvalue weighted by Crippen LogP contribution is 2.50. The minimum Gasteiger partial charge on any atom is -0.466 e. The predicted molar refractivity (Wildman–Crippen MR) is 63.3 cm³/mol. The number of hydrogen-bond acceptors (Lipinski definition) is 4. The molecular weight excluding hydrogens is 234 g/mol. The molecule has 1 aliphatic carbocycles. The van der Waals surface area contributed by atoms with Crippen LogP contribution in [0.25, 0.3) is 0 Å². The van der Waals surface area contributed by atoms with Gasteiger partial charge in [0.2, 0.25) is 11.8 Å². The molecule has 5 heteroatoms. The maximum Gasteiger partial charge on any atom is 0.309 e. The van der Waals surface area contributed by atoms with Gasteiger partial charge in [0.25, 0.3) is 0 Å². The average Bonchev–Trinajstić information content (AvgIpc) is 2.62. The van der Waals surface area contributed by atoms with Crippen LogP contribution in [0.4, 0.5) is 0 Å². The molecule has 1 aliphatic heterocycles. The summed E-state index contributed by atoms with van der Waals surface area (Å²) in [5.41, 5.74) is -0.873. The number of rotatable bonds is 3. The monoisotopic (exact) mass is 253 g/mol. The molecule has 0 aromatic carbocycles. The van der Waals surface area contributed by atoms with Crippen molar-refractivity contribution in [1.29, 1.82) is 0 Å². The molecule has 0 radical (unpaired) electrons. The molecule has 100 valence electrons. The summed E-state index contributed by atoms with van der Waals surface area (Å²) in [7, 11) is 0. The maximum atomic E-state index is 12.2. The Kier molecular flexibility index (Phi) is 3.41. The fourth-order valence-corrected chi connectivity index (χ4v) is 3.34. The number of ether oxygens (including phenoxy) is 1. The molecule has 0 spiro atoms. The van der Waals surface area contributed by atoms with Crippen molar-refractivity contribution < 1.29 is 19.1 Å². The molecule has 2 aliphatic rings. The Morgan fingerprint density at radius 2 is 2.22 bits per heavy atom. The zero-order valence-electron chi connectivity index (χ0n) is 10.8. The van der Waals surface area contributed by atoms with E-state index >= 15 is 0 Å². The highest BCUT2D eigenvalue weighted by Gasteiger charge is 2.60. The third-order valence-corrected chi connectivity index (χ3v) is 4.34. The molecule has 2 fully saturated rings. The Morgan fingerprint density at radius 1 is 1.50 bits per heavy atom. The van der Waals surface area contributed by atoms with Gasteiger partial charge in [0.1, 0.15) is 0 Å². The van der Waals surface area contributed by atoms with Crippen molar-refractivity contribution in [1.82, 2.24) is 5.32 Å². The van der Waals surface area contributed by atoms with Crippen molar-refractivity contribution >= 4 is 17.8 Å². The molecule has 0 bridgehead atoms. The van der Waals surface area contributed by atoms with Crippen LogP contribution < -0.4 is 5.32 Å². The zero-order chi connectivity index (χ0) is 13.3. The van der Waals surface area contributed by atoms with Crippen LogP contribution in [-0.2, 0) is 19.1 Å². The van der Waals surface area contributed by atoms with Crippen molar-refractivity contribution in [2.75, 3.05) is 6.61 Å². The van der Waals surface area contributed by atoms with E-state index in [1.807, 2.05) is 0 Å². The van der Waals surface area contributed by atoms with E-state index < -0.39 is 11.3 Å². The van der Waals surface area contributed by atoms with Gasteiger partial charge < -0.3 is 4.74 Å². The quantitative estimate of drug-likeness (QED) is 0.602. The Morgan fingerprint density at radius 3 is 2.89 bits per heavy atom. The van der Waals surface area contributed by atoms with Crippen LogP contribution in [0.2, 0.25) is 0 Å². The predicted octanol–water partition coefficient (Wildman–Crippen LogP) is 1.02. The lowest BCUT2D eigenvalue weighted by Crippen LogP contribution is -2.46. The molecule has 18 heavy (non-hydrogen) atoms. The molecule has 1 saturated carbocycles. The van der Waals surface area contributed by atoms with Crippen LogP contribution in [0.15, 0.2) is 0 Å². The summed E-state index contributed by atoms with van der Waals surface area (Å²) in [6.45, 7) is 3.73. The Balaban J connectivity index is 2.32. The van der Waals surface area contributed by atoms with Crippen LogP contribution in [0, 0.1) is 17.3 Å². The van der Waals surface area contributed by atoms with Crippen LogP contribution in [0.3, 0.4) is 0 Å². The molecule has 2 rings (SSSR count). The van der Waals surface area contributed by atoms with Gasteiger partial charge in [-0.15, -0.1) is 0 Å². The number of carbonyl (C=O) groups is 3. The fourth-order valence-electron chi connectivity index (χ4n) is 3.34. The second-order valence-corrected chi connectivity index (χ2v) is 5.13. The van der Waals surface area contributed by atoms with Crippen LogP contribution in [0.5, 0.6) is 0 Å². The Bertz CT molecular complexity index is 392. The molecule has 5 nitrogen and oxygen atoms in total. The van der Waals surface area contributed by atoms with E-state index in [-0.39, 0.29) is 23.7 Å². The molecule has 0 aromatic rings. The third-order valence-electron chi connectivity index (χ3n) is 4.34. The van der Waals surface area contributed by atoms with Crippen molar-refractivity contribution in [2.24, 2.45) is 17.3 Å². The first-order valence-electron chi connectivity index (χ1n) is 6.56. The lowest BCUT2D eigenvalue weighted by molar-refractivity contribution is -0.159. The van der Waals surface area contributed by atoms with E-state index in [1.54, 1.807) is 13.8 Å². The minimum atomic E-state index is -0.873. The van der Waals surface area contributed by atoms with E-state index in [4.69, 9.17) is 4.74 Å². The summed E-state index contributed by atoms with van der Waals surface area (Å²) in [5.74, 6) is -1.82. The molecule has 1 N–H and O–H groups in total. The third kappa shape index (κ3) is 1.72. The molecule has 3 unspecified atom stereocenters. The van der Waals surface area contributed by atoms with Gasteiger partial charge in [-0.3, -0.25) is 19.7 Å². The summed E-state index contributed by atoms with van der Waals surface area (Å²) in [4.78, 5) is 35.9. The molecular formula is C13H19NO4. The molecule has 3 atom stereocenters. The lowest BCUT2D eigenvalue weighted by Gasteiger charge is -2.38. The number of fused-ring (bicyclic) bond motifs is 1. The Hall–Kier alpha value is -1.39. The van der Waals surface area contributed by atoms with Crippen LogP contribution in [0.1, 0.15) is 39.5 Å². The first-order chi connectivity index (χ1) is 8.54. The Labute approximate surface area is 106 Å². The second kappa shape index (κ2) is 4.71. The summed E-state index contributed by atoms with van der Waals surface area (Å²) in [6, 6.07) is 0. The SMILES string of the molecule is CCOC(=O)C(C)C12CCCCC1C(=O)NC2=O. The van der Waals surface area contributed by atoms with E-state index in [0.717, 1.165) is 12.8 Å². The second-order valence-electron chi connectivity index (χ2n) is 5.13. The smallest absolute Gasteiger partial charge is 0.309 e. The number of amides is 2. The lowest BCUT2D eigenvalue weighted by atomic mass is 9.61. The number of nitrogens with one attached hydrogen (secondary N) is 1. The summed E-state index contributed by atoms with van der Waals surface area (Å²) >= 11 is 0. The van der Waals surface area contributed by atoms with E-state index in [1.165, 1.54) is 0 Å². The minimum absolute atomic E-state index is 0.226. The molecule has 1 saturated heterocycles. The number of esters is 1. The van der Waals surface area contributed by atoms with Gasteiger partial charge in [0.15, 0.2) is 0 Å². The van der Waals surface area contributed by atoms with Crippen molar-refractivity contribution in [3.05, 3.63) is 0 Å². The summed E-state index contributed by atoms with van der Waals surface area (Å²) in [5, 5.41) is 2.39. The average molecular weight is 253 g/mol.